The van der Waals surface area contributed by atoms with Gasteiger partial charge >= 0.3 is 6.18 Å². The molecule has 0 amide bonds. The topological polar surface area (TPSA) is 59.2 Å². The van der Waals surface area contributed by atoms with Crippen molar-refractivity contribution in [1.82, 2.24) is 10.2 Å². The van der Waals surface area contributed by atoms with Crippen molar-refractivity contribution in [3.63, 3.8) is 0 Å². The Kier molecular flexibility index (Phi) is 3.33. The molecule has 2 rings (SSSR count). The lowest BCUT2D eigenvalue weighted by molar-refractivity contribution is -0.139. The molecule has 0 aliphatic heterocycles. The number of aliphatic hydroxyl groups excluding tert-OH is 1. The molecule has 1 N–H and O–H groups in total. The smallest absolute Gasteiger partial charge is 0.416 e. The normalized spacial score (nSPS) is 13.6. The monoisotopic (exact) mass is 258 g/mol. The van der Waals surface area contributed by atoms with Crippen LogP contribution >= 0.6 is 0 Å². The summed E-state index contributed by atoms with van der Waals surface area (Å²) < 4.78 is 43.0. The van der Waals surface area contributed by atoms with Crippen molar-refractivity contribution >= 4 is 0 Å². The maximum absolute atomic E-state index is 12.7. The van der Waals surface area contributed by atoms with Gasteiger partial charge in [-0.1, -0.05) is 18.2 Å². The Morgan fingerprint density at radius 3 is 2.61 bits per heavy atom. The molecule has 0 saturated heterocycles. The highest BCUT2D eigenvalue weighted by molar-refractivity contribution is 5.31. The Bertz CT molecular complexity index is 511. The molecule has 1 unspecified atom stereocenters. The van der Waals surface area contributed by atoms with E-state index in [4.69, 9.17) is 4.42 Å². The summed E-state index contributed by atoms with van der Waals surface area (Å²) in [6.07, 6.45) is -4.96. The van der Waals surface area contributed by atoms with E-state index in [9.17, 15) is 18.3 Å². The predicted octanol–water partition coefficient (Wildman–Crippen LogP) is 2.36. The number of halogens is 3. The quantitative estimate of drug-likeness (QED) is 0.918. The number of nitrogens with zero attached hydrogens (tertiary/aromatic N) is 2. The average Bonchev–Trinajstić information content (AvgIpc) is 2.80. The van der Waals surface area contributed by atoms with E-state index in [0.717, 1.165) is 12.5 Å². The number of aromatic nitrogens is 2. The van der Waals surface area contributed by atoms with Gasteiger partial charge in [-0.2, -0.15) is 13.2 Å². The summed E-state index contributed by atoms with van der Waals surface area (Å²) in [6.45, 7) is 0. The largest absolute Gasteiger partial charge is 0.428 e. The third-order valence-corrected chi connectivity index (χ3v) is 2.40. The van der Waals surface area contributed by atoms with Crippen LogP contribution in [0.15, 0.2) is 35.1 Å². The van der Waals surface area contributed by atoms with Gasteiger partial charge in [0, 0.05) is 0 Å². The van der Waals surface area contributed by atoms with E-state index in [1.807, 2.05) is 0 Å². The fourth-order valence-corrected chi connectivity index (χ4v) is 1.61. The molecule has 0 saturated carbocycles. The number of hydrogen-bond donors (Lipinski definition) is 1. The van der Waals surface area contributed by atoms with Crippen LogP contribution in [0.3, 0.4) is 0 Å². The molecule has 0 radical (unpaired) electrons. The maximum atomic E-state index is 12.7. The molecule has 18 heavy (non-hydrogen) atoms. The van der Waals surface area contributed by atoms with Crippen molar-refractivity contribution in [2.75, 3.05) is 0 Å². The molecular formula is C11H9F3N2O2. The van der Waals surface area contributed by atoms with E-state index in [2.05, 4.69) is 10.2 Å². The van der Waals surface area contributed by atoms with Gasteiger partial charge in [0.1, 0.15) is 0 Å². The van der Waals surface area contributed by atoms with E-state index in [1.54, 1.807) is 0 Å². The number of benzene rings is 1. The molecular weight excluding hydrogens is 249 g/mol. The second kappa shape index (κ2) is 4.77. The summed E-state index contributed by atoms with van der Waals surface area (Å²) in [5, 5.41) is 16.7. The van der Waals surface area contributed by atoms with Gasteiger partial charge < -0.3 is 9.52 Å². The van der Waals surface area contributed by atoms with Crippen molar-refractivity contribution in [2.24, 2.45) is 0 Å². The van der Waals surface area contributed by atoms with Crippen LogP contribution in [-0.2, 0) is 12.6 Å². The highest BCUT2D eigenvalue weighted by Crippen LogP contribution is 2.35. The SMILES string of the molecule is OC(Cc1nnco1)c1ccccc1C(F)(F)F. The zero-order valence-corrected chi connectivity index (χ0v) is 9.05. The van der Waals surface area contributed by atoms with Crippen LogP contribution < -0.4 is 0 Å². The summed E-state index contributed by atoms with van der Waals surface area (Å²) in [4.78, 5) is 0. The van der Waals surface area contributed by atoms with Crippen molar-refractivity contribution < 1.29 is 22.7 Å². The zero-order valence-electron chi connectivity index (χ0n) is 9.05. The van der Waals surface area contributed by atoms with Crippen LogP contribution in [0.2, 0.25) is 0 Å². The Hall–Kier alpha value is -1.89. The van der Waals surface area contributed by atoms with Gasteiger partial charge in [0.15, 0.2) is 0 Å². The van der Waals surface area contributed by atoms with Gasteiger partial charge in [-0.3, -0.25) is 0 Å². The number of hydrogen-bond acceptors (Lipinski definition) is 4. The summed E-state index contributed by atoms with van der Waals surface area (Å²) in [7, 11) is 0. The van der Waals surface area contributed by atoms with Crippen LogP contribution in [-0.4, -0.2) is 15.3 Å². The molecule has 4 nitrogen and oxygen atoms in total. The molecule has 0 bridgehead atoms. The van der Waals surface area contributed by atoms with Gasteiger partial charge in [-0.25, -0.2) is 0 Å². The standard InChI is InChI=1S/C11H9F3N2O2/c12-11(13,14)8-4-2-1-3-7(8)9(17)5-10-16-15-6-18-10/h1-4,6,9,17H,5H2. The Morgan fingerprint density at radius 2 is 2.00 bits per heavy atom. The highest BCUT2D eigenvalue weighted by atomic mass is 19.4. The molecule has 1 heterocycles. The Balaban J connectivity index is 2.27. The number of alkyl halides is 3. The van der Waals surface area contributed by atoms with E-state index in [0.29, 0.717) is 0 Å². The first kappa shape index (κ1) is 12.6. The summed E-state index contributed by atoms with van der Waals surface area (Å²) in [5.41, 5.74) is -1.07. The molecule has 0 aliphatic carbocycles. The van der Waals surface area contributed by atoms with Crippen LogP contribution in [0.25, 0.3) is 0 Å². The second-order valence-corrected chi connectivity index (χ2v) is 3.64. The fourth-order valence-electron chi connectivity index (χ4n) is 1.61. The second-order valence-electron chi connectivity index (χ2n) is 3.64. The van der Waals surface area contributed by atoms with Gasteiger partial charge in [-0.05, 0) is 11.6 Å². The minimum absolute atomic E-state index is 0.0828. The third-order valence-electron chi connectivity index (χ3n) is 2.40. The van der Waals surface area contributed by atoms with E-state index in [1.165, 1.54) is 18.2 Å². The number of rotatable bonds is 3. The van der Waals surface area contributed by atoms with Crippen LogP contribution in [0.1, 0.15) is 23.1 Å². The zero-order chi connectivity index (χ0) is 13.2. The highest BCUT2D eigenvalue weighted by Gasteiger charge is 2.34. The Labute approximate surface area is 100 Å². The van der Waals surface area contributed by atoms with Gasteiger partial charge in [-0.15, -0.1) is 10.2 Å². The van der Waals surface area contributed by atoms with Gasteiger partial charge in [0.2, 0.25) is 12.3 Å². The van der Waals surface area contributed by atoms with Crippen molar-refractivity contribution in [1.29, 1.82) is 0 Å². The summed E-state index contributed by atoms with van der Waals surface area (Å²) in [6, 6.07) is 4.85. The first-order valence-electron chi connectivity index (χ1n) is 5.07. The summed E-state index contributed by atoms with van der Waals surface area (Å²) >= 11 is 0. The van der Waals surface area contributed by atoms with Gasteiger partial charge in [0.25, 0.3) is 0 Å². The van der Waals surface area contributed by atoms with E-state index in [-0.39, 0.29) is 17.9 Å². The molecule has 7 heteroatoms. The molecule has 2 aromatic rings. The lowest BCUT2D eigenvalue weighted by Gasteiger charge is -2.16. The molecule has 0 fully saturated rings. The first-order valence-corrected chi connectivity index (χ1v) is 5.07. The Morgan fingerprint density at radius 1 is 1.28 bits per heavy atom. The molecule has 96 valence electrons. The molecule has 1 aromatic carbocycles. The third kappa shape index (κ3) is 2.67. The summed E-state index contributed by atoms with van der Waals surface area (Å²) in [5.74, 6) is 0.0828. The first-order chi connectivity index (χ1) is 8.48. The fraction of sp³-hybridized carbons (Fsp3) is 0.273. The van der Waals surface area contributed by atoms with E-state index < -0.39 is 17.8 Å². The molecule has 0 spiro atoms. The van der Waals surface area contributed by atoms with Crippen molar-refractivity contribution in [3.05, 3.63) is 47.7 Å². The minimum atomic E-state index is -4.51. The van der Waals surface area contributed by atoms with Gasteiger partial charge in [0.05, 0.1) is 18.1 Å². The van der Waals surface area contributed by atoms with E-state index >= 15 is 0 Å². The van der Waals surface area contributed by atoms with Crippen LogP contribution in [0, 0.1) is 0 Å². The van der Waals surface area contributed by atoms with Crippen molar-refractivity contribution in [3.8, 4) is 0 Å². The molecule has 1 atom stereocenters. The average molecular weight is 258 g/mol. The minimum Gasteiger partial charge on any atom is -0.428 e. The maximum Gasteiger partial charge on any atom is 0.416 e. The lowest BCUT2D eigenvalue weighted by atomic mass is 10.00. The molecule has 0 aliphatic rings. The van der Waals surface area contributed by atoms with Crippen molar-refractivity contribution in [2.45, 2.75) is 18.7 Å². The predicted molar refractivity (Wildman–Crippen MR) is 54.4 cm³/mol. The number of aliphatic hydroxyl groups is 1. The van der Waals surface area contributed by atoms with Crippen LogP contribution in [0.4, 0.5) is 13.2 Å². The van der Waals surface area contributed by atoms with Crippen LogP contribution in [0.5, 0.6) is 0 Å². The molecule has 1 aromatic heterocycles. The lowest BCUT2D eigenvalue weighted by Crippen LogP contribution is -2.13.